The van der Waals surface area contributed by atoms with E-state index in [-0.39, 0.29) is 17.9 Å². The van der Waals surface area contributed by atoms with E-state index in [1.165, 1.54) is 4.90 Å². The average Bonchev–Trinajstić information content (AvgIpc) is 2.64. The minimum Gasteiger partial charge on any atom is -0.375 e. The summed E-state index contributed by atoms with van der Waals surface area (Å²) in [5.41, 5.74) is 0.966. The summed E-state index contributed by atoms with van der Waals surface area (Å²) in [6, 6.07) is 6.61. The van der Waals surface area contributed by atoms with Gasteiger partial charge in [0.25, 0.3) is 11.8 Å². The van der Waals surface area contributed by atoms with Gasteiger partial charge in [-0.25, -0.2) is 0 Å². The molecule has 2 amide bonds. The molecule has 3 rings (SSSR count). The Labute approximate surface area is 98.5 Å². The summed E-state index contributed by atoms with van der Waals surface area (Å²) in [6.07, 6.45) is 3.68. The molecule has 0 fully saturated rings. The summed E-state index contributed by atoms with van der Waals surface area (Å²) in [7, 11) is 0. The third-order valence-electron chi connectivity index (χ3n) is 3.02. The van der Waals surface area contributed by atoms with Crippen molar-refractivity contribution in [2.24, 2.45) is 0 Å². The Balaban J connectivity index is 2.00. The van der Waals surface area contributed by atoms with Crippen LogP contribution in [0.5, 0.6) is 0 Å². The fourth-order valence-corrected chi connectivity index (χ4v) is 2.19. The minimum absolute atomic E-state index is 0.231. The van der Waals surface area contributed by atoms with Crippen molar-refractivity contribution in [3.8, 4) is 0 Å². The predicted molar refractivity (Wildman–Crippen MR) is 60.7 cm³/mol. The van der Waals surface area contributed by atoms with Crippen molar-refractivity contribution in [3.05, 3.63) is 47.5 Å². The van der Waals surface area contributed by atoms with Crippen LogP contribution >= 0.6 is 0 Å². The van der Waals surface area contributed by atoms with Crippen molar-refractivity contribution in [1.29, 1.82) is 0 Å². The number of hydrogen-bond donors (Lipinski definition) is 0. The van der Waals surface area contributed by atoms with Gasteiger partial charge in [-0.3, -0.25) is 14.5 Å². The quantitative estimate of drug-likeness (QED) is 0.537. The molecule has 86 valence electrons. The summed E-state index contributed by atoms with van der Waals surface area (Å²) in [5.74, 6) is -0.462. The number of carbonyl (C=O) groups is 2. The van der Waals surface area contributed by atoms with Crippen LogP contribution in [0.15, 0.2) is 36.4 Å². The number of rotatable bonds is 1. The molecule has 0 N–H and O–H groups in total. The molecule has 0 saturated carbocycles. The van der Waals surface area contributed by atoms with Gasteiger partial charge in [-0.05, 0) is 12.1 Å². The Kier molecular flexibility index (Phi) is 2.30. The van der Waals surface area contributed by atoms with Gasteiger partial charge in [-0.2, -0.15) is 0 Å². The molecular weight excluding hydrogens is 218 g/mol. The number of amides is 2. The highest BCUT2D eigenvalue weighted by atomic mass is 16.5. The van der Waals surface area contributed by atoms with E-state index >= 15 is 0 Å². The van der Waals surface area contributed by atoms with Gasteiger partial charge in [-0.15, -0.1) is 0 Å². The summed E-state index contributed by atoms with van der Waals surface area (Å²) in [6.45, 7) is 0.918. The van der Waals surface area contributed by atoms with Gasteiger partial charge in [0, 0.05) is 0 Å². The molecule has 2 heterocycles. The molecule has 17 heavy (non-hydrogen) atoms. The lowest BCUT2D eigenvalue weighted by Crippen LogP contribution is -2.42. The molecule has 2 aliphatic rings. The van der Waals surface area contributed by atoms with E-state index in [4.69, 9.17) is 4.74 Å². The van der Waals surface area contributed by atoms with E-state index in [0.29, 0.717) is 24.3 Å². The first kappa shape index (κ1) is 10.2. The Morgan fingerprint density at radius 2 is 1.76 bits per heavy atom. The first-order chi connectivity index (χ1) is 8.29. The molecule has 0 aliphatic carbocycles. The van der Waals surface area contributed by atoms with E-state index in [9.17, 15) is 9.59 Å². The third kappa shape index (κ3) is 1.49. The standard InChI is InChI=1S/C13H11NO3/c15-12-10-5-1-2-6-11(10)13(16)14(12)9-4-3-7-17-8-9/h1-6,9H,7-8H2. The Bertz CT molecular complexity index is 486. The third-order valence-corrected chi connectivity index (χ3v) is 3.02. The van der Waals surface area contributed by atoms with Gasteiger partial charge in [0.2, 0.25) is 0 Å². The molecule has 1 unspecified atom stereocenters. The van der Waals surface area contributed by atoms with Crippen LogP contribution < -0.4 is 0 Å². The topological polar surface area (TPSA) is 46.6 Å². The SMILES string of the molecule is O=C1c2ccccc2C(=O)N1C1C=CCOC1. The van der Waals surface area contributed by atoms with Gasteiger partial charge in [0.15, 0.2) is 0 Å². The molecule has 0 radical (unpaired) electrons. The number of hydrogen-bond acceptors (Lipinski definition) is 3. The van der Waals surface area contributed by atoms with Crippen molar-refractivity contribution in [3.63, 3.8) is 0 Å². The van der Waals surface area contributed by atoms with Gasteiger partial charge >= 0.3 is 0 Å². The summed E-state index contributed by atoms with van der Waals surface area (Å²) in [5, 5.41) is 0. The molecule has 1 aromatic rings. The molecule has 0 bridgehead atoms. The van der Waals surface area contributed by atoms with Gasteiger partial charge in [-0.1, -0.05) is 24.3 Å². The summed E-state index contributed by atoms with van der Waals surface area (Å²) < 4.78 is 5.26. The molecule has 1 atom stereocenters. The Morgan fingerprint density at radius 1 is 1.12 bits per heavy atom. The maximum absolute atomic E-state index is 12.1. The van der Waals surface area contributed by atoms with Gasteiger partial charge in [0.05, 0.1) is 30.4 Å². The van der Waals surface area contributed by atoms with Crippen LogP contribution in [0.4, 0.5) is 0 Å². The van der Waals surface area contributed by atoms with E-state index in [0.717, 1.165) is 0 Å². The highest BCUT2D eigenvalue weighted by Crippen LogP contribution is 2.25. The first-order valence-corrected chi connectivity index (χ1v) is 5.50. The Hall–Kier alpha value is -1.94. The van der Waals surface area contributed by atoms with Gasteiger partial charge in [0.1, 0.15) is 0 Å². The Morgan fingerprint density at radius 3 is 2.29 bits per heavy atom. The maximum atomic E-state index is 12.1. The lowest BCUT2D eigenvalue weighted by Gasteiger charge is -2.25. The number of ether oxygens (including phenoxy) is 1. The number of fused-ring (bicyclic) bond motifs is 1. The normalized spacial score (nSPS) is 23.1. The molecule has 4 nitrogen and oxygen atoms in total. The van der Waals surface area contributed by atoms with Crippen LogP contribution in [0, 0.1) is 0 Å². The zero-order valence-electron chi connectivity index (χ0n) is 9.13. The zero-order valence-corrected chi connectivity index (χ0v) is 9.13. The predicted octanol–water partition coefficient (Wildman–Crippen LogP) is 1.24. The smallest absolute Gasteiger partial charge is 0.262 e. The van der Waals surface area contributed by atoms with Crippen molar-refractivity contribution in [2.75, 3.05) is 13.2 Å². The second kappa shape index (κ2) is 3.82. The number of carbonyl (C=O) groups excluding carboxylic acids is 2. The zero-order chi connectivity index (χ0) is 11.8. The first-order valence-electron chi connectivity index (χ1n) is 5.50. The minimum atomic E-state index is -0.281. The van der Waals surface area contributed by atoms with Crippen molar-refractivity contribution >= 4 is 11.8 Å². The monoisotopic (exact) mass is 229 g/mol. The number of benzene rings is 1. The summed E-state index contributed by atoms with van der Waals surface area (Å²) >= 11 is 0. The maximum Gasteiger partial charge on any atom is 0.262 e. The highest BCUT2D eigenvalue weighted by molar-refractivity contribution is 6.21. The van der Waals surface area contributed by atoms with Crippen LogP contribution in [0.1, 0.15) is 20.7 Å². The molecule has 0 saturated heterocycles. The van der Waals surface area contributed by atoms with Crippen LogP contribution in [-0.4, -0.2) is 36.0 Å². The molecule has 2 aliphatic heterocycles. The van der Waals surface area contributed by atoms with Crippen molar-refractivity contribution in [2.45, 2.75) is 6.04 Å². The molecule has 0 aromatic heterocycles. The summed E-state index contributed by atoms with van der Waals surface area (Å²) in [4.78, 5) is 25.5. The van der Waals surface area contributed by atoms with Crippen LogP contribution in [0.3, 0.4) is 0 Å². The number of imide groups is 1. The number of nitrogens with zero attached hydrogens (tertiary/aromatic N) is 1. The average molecular weight is 229 g/mol. The van der Waals surface area contributed by atoms with Crippen molar-refractivity contribution in [1.82, 2.24) is 4.90 Å². The van der Waals surface area contributed by atoms with Crippen LogP contribution in [-0.2, 0) is 4.74 Å². The lowest BCUT2D eigenvalue weighted by molar-refractivity contribution is 0.0475. The van der Waals surface area contributed by atoms with Gasteiger partial charge < -0.3 is 4.74 Å². The highest BCUT2D eigenvalue weighted by Gasteiger charge is 2.39. The largest absolute Gasteiger partial charge is 0.375 e. The van der Waals surface area contributed by atoms with E-state index in [1.54, 1.807) is 24.3 Å². The van der Waals surface area contributed by atoms with Crippen molar-refractivity contribution < 1.29 is 14.3 Å². The molecule has 1 aromatic carbocycles. The van der Waals surface area contributed by atoms with Crippen LogP contribution in [0.25, 0.3) is 0 Å². The van der Waals surface area contributed by atoms with Crippen LogP contribution in [0.2, 0.25) is 0 Å². The molecule has 0 spiro atoms. The second-order valence-corrected chi connectivity index (χ2v) is 4.06. The fraction of sp³-hybridized carbons (Fsp3) is 0.231. The molecular formula is C13H11NO3. The lowest BCUT2D eigenvalue weighted by atomic mass is 10.1. The second-order valence-electron chi connectivity index (χ2n) is 4.06. The molecule has 4 heteroatoms. The van der Waals surface area contributed by atoms with E-state index in [2.05, 4.69) is 0 Å². The van der Waals surface area contributed by atoms with E-state index < -0.39 is 0 Å². The van der Waals surface area contributed by atoms with E-state index in [1.807, 2.05) is 12.2 Å². The fourth-order valence-electron chi connectivity index (χ4n) is 2.19.